The number of nitrogens with zero attached hydrogens (tertiary/aromatic N) is 1. The number of carbonyl (C=O) groups excluding carboxylic acids is 1. The minimum Gasteiger partial charge on any atom is -0.396 e. The highest BCUT2D eigenvalue weighted by atomic mass is 35.5. The van der Waals surface area contributed by atoms with Crippen LogP contribution in [0.1, 0.15) is 30.6 Å². The van der Waals surface area contributed by atoms with Crippen molar-refractivity contribution < 1.29 is 14.3 Å². The smallest absolute Gasteiger partial charge is 0.257 e. The highest BCUT2D eigenvalue weighted by Crippen LogP contribution is 2.17. The Morgan fingerprint density at radius 3 is 2.67 bits per heavy atom. The predicted molar refractivity (Wildman–Crippen MR) is 69.3 cm³/mol. The Morgan fingerprint density at radius 2 is 2.17 bits per heavy atom. The van der Waals surface area contributed by atoms with Crippen LogP contribution in [-0.4, -0.2) is 35.1 Å². The number of hydrogen-bond acceptors (Lipinski definition) is 2. The van der Waals surface area contributed by atoms with Crippen molar-refractivity contribution in [1.82, 2.24) is 4.90 Å². The summed E-state index contributed by atoms with van der Waals surface area (Å²) in [5.41, 5.74) is 0.00559. The molecule has 0 heterocycles. The minimum absolute atomic E-state index is 0.000397. The molecule has 18 heavy (non-hydrogen) atoms. The van der Waals surface area contributed by atoms with Crippen molar-refractivity contribution in [2.75, 3.05) is 13.2 Å². The number of aliphatic hydroxyl groups is 1. The van der Waals surface area contributed by atoms with E-state index in [4.69, 9.17) is 16.7 Å². The Morgan fingerprint density at radius 1 is 1.50 bits per heavy atom. The van der Waals surface area contributed by atoms with E-state index in [0.717, 1.165) is 6.07 Å². The zero-order valence-electron chi connectivity index (χ0n) is 10.5. The van der Waals surface area contributed by atoms with E-state index in [1.807, 2.05) is 13.8 Å². The van der Waals surface area contributed by atoms with Crippen LogP contribution in [0.25, 0.3) is 0 Å². The first-order valence-corrected chi connectivity index (χ1v) is 6.22. The van der Waals surface area contributed by atoms with Gasteiger partial charge >= 0.3 is 0 Å². The van der Waals surface area contributed by atoms with Gasteiger partial charge in [-0.3, -0.25) is 4.79 Å². The maximum Gasteiger partial charge on any atom is 0.257 e. The molecule has 100 valence electrons. The molecule has 1 aromatic carbocycles. The Labute approximate surface area is 111 Å². The van der Waals surface area contributed by atoms with Gasteiger partial charge in [0, 0.05) is 24.2 Å². The second-order valence-electron chi connectivity index (χ2n) is 4.29. The Kier molecular flexibility index (Phi) is 5.56. The summed E-state index contributed by atoms with van der Waals surface area (Å²) in [7, 11) is 0. The van der Waals surface area contributed by atoms with Gasteiger partial charge in [0.25, 0.3) is 5.91 Å². The average molecular weight is 274 g/mol. The third kappa shape index (κ3) is 3.68. The molecular formula is C13H17ClFNO2. The van der Waals surface area contributed by atoms with Gasteiger partial charge in [-0.25, -0.2) is 4.39 Å². The molecule has 0 aromatic heterocycles. The van der Waals surface area contributed by atoms with Crippen LogP contribution in [0.4, 0.5) is 4.39 Å². The summed E-state index contributed by atoms with van der Waals surface area (Å²) in [6, 6.07) is 3.94. The summed E-state index contributed by atoms with van der Waals surface area (Å²) in [5.74, 6) is -1.00. The molecule has 3 nitrogen and oxygen atoms in total. The number of carbonyl (C=O) groups is 1. The summed E-state index contributed by atoms with van der Waals surface area (Å²) < 4.78 is 13.7. The molecule has 0 aliphatic rings. The van der Waals surface area contributed by atoms with Gasteiger partial charge in [0.2, 0.25) is 0 Å². The average Bonchev–Trinajstić information content (AvgIpc) is 2.28. The lowest BCUT2D eigenvalue weighted by molar-refractivity contribution is 0.0688. The molecule has 1 amide bonds. The molecule has 0 bridgehead atoms. The summed E-state index contributed by atoms with van der Waals surface area (Å²) in [5, 5.41) is 9.07. The van der Waals surface area contributed by atoms with Gasteiger partial charge in [0.15, 0.2) is 0 Å². The predicted octanol–water partition coefficient (Wildman–Crippen LogP) is 2.71. The van der Waals surface area contributed by atoms with E-state index < -0.39 is 5.82 Å². The fraction of sp³-hybridized carbons (Fsp3) is 0.462. The molecule has 1 rings (SSSR count). The van der Waals surface area contributed by atoms with E-state index in [2.05, 4.69) is 0 Å². The summed E-state index contributed by atoms with van der Waals surface area (Å²) >= 11 is 5.65. The van der Waals surface area contributed by atoms with Crippen LogP contribution in [0.2, 0.25) is 5.02 Å². The lowest BCUT2D eigenvalue weighted by atomic mass is 10.1. The van der Waals surface area contributed by atoms with Crippen LogP contribution in [0.15, 0.2) is 18.2 Å². The van der Waals surface area contributed by atoms with Crippen molar-refractivity contribution >= 4 is 17.5 Å². The topological polar surface area (TPSA) is 40.5 Å². The minimum atomic E-state index is -0.623. The van der Waals surface area contributed by atoms with Gasteiger partial charge in [0.1, 0.15) is 5.82 Å². The lowest BCUT2D eigenvalue weighted by Gasteiger charge is -2.26. The van der Waals surface area contributed by atoms with Gasteiger partial charge in [-0.2, -0.15) is 0 Å². The summed E-state index contributed by atoms with van der Waals surface area (Å²) in [6.45, 7) is 4.10. The van der Waals surface area contributed by atoms with Crippen molar-refractivity contribution in [2.45, 2.75) is 26.3 Å². The second kappa shape index (κ2) is 6.71. The van der Waals surface area contributed by atoms with Gasteiger partial charge in [-0.05, 0) is 38.5 Å². The molecule has 0 aliphatic carbocycles. The Balaban J connectivity index is 2.94. The van der Waals surface area contributed by atoms with Crippen molar-refractivity contribution in [3.05, 3.63) is 34.6 Å². The molecule has 0 saturated carbocycles. The first-order chi connectivity index (χ1) is 8.47. The van der Waals surface area contributed by atoms with E-state index in [0.29, 0.717) is 13.0 Å². The van der Waals surface area contributed by atoms with E-state index in [-0.39, 0.29) is 29.1 Å². The highest BCUT2D eigenvalue weighted by molar-refractivity contribution is 6.30. The summed E-state index contributed by atoms with van der Waals surface area (Å²) in [4.78, 5) is 13.7. The van der Waals surface area contributed by atoms with Crippen molar-refractivity contribution in [1.29, 1.82) is 0 Å². The van der Waals surface area contributed by atoms with Crippen LogP contribution in [0.5, 0.6) is 0 Å². The molecule has 0 spiro atoms. The van der Waals surface area contributed by atoms with E-state index in [1.165, 1.54) is 17.0 Å². The van der Waals surface area contributed by atoms with Crippen LogP contribution < -0.4 is 0 Å². The highest BCUT2D eigenvalue weighted by Gasteiger charge is 2.21. The number of rotatable bonds is 5. The number of hydrogen-bond donors (Lipinski definition) is 1. The monoisotopic (exact) mass is 273 g/mol. The van der Waals surface area contributed by atoms with E-state index >= 15 is 0 Å². The maximum atomic E-state index is 13.7. The Bertz CT molecular complexity index is 423. The van der Waals surface area contributed by atoms with Crippen molar-refractivity contribution in [2.24, 2.45) is 0 Å². The molecule has 0 atom stereocenters. The van der Waals surface area contributed by atoms with Crippen molar-refractivity contribution in [3.8, 4) is 0 Å². The number of amides is 1. The maximum absolute atomic E-state index is 13.7. The van der Waals surface area contributed by atoms with Crippen molar-refractivity contribution in [3.63, 3.8) is 0 Å². The SMILES string of the molecule is CC(C)N(CCCO)C(=O)c1ccc(Cl)cc1F. The van der Waals surface area contributed by atoms with Crippen LogP contribution in [0.3, 0.4) is 0 Å². The normalized spacial score (nSPS) is 10.8. The first kappa shape index (κ1) is 14.9. The molecule has 0 unspecified atom stereocenters. The number of aliphatic hydroxyl groups excluding tert-OH is 1. The lowest BCUT2D eigenvalue weighted by Crippen LogP contribution is -2.38. The van der Waals surface area contributed by atoms with Crippen LogP contribution >= 0.6 is 11.6 Å². The number of halogens is 2. The zero-order valence-corrected chi connectivity index (χ0v) is 11.2. The third-order valence-electron chi connectivity index (χ3n) is 2.60. The third-order valence-corrected chi connectivity index (χ3v) is 2.84. The fourth-order valence-corrected chi connectivity index (χ4v) is 1.81. The largest absolute Gasteiger partial charge is 0.396 e. The fourth-order valence-electron chi connectivity index (χ4n) is 1.65. The molecule has 0 aliphatic heterocycles. The summed E-state index contributed by atoms with van der Waals surface area (Å²) in [6.07, 6.45) is 0.471. The molecule has 0 fully saturated rings. The van der Waals surface area contributed by atoms with Gasteiger partial charge < -0.3 is 10.0 Å². The molecule has 5 heteroatoms. The van der Waals surface area contributed by atoms with Gasteiger partial charge in [-0.15, -0.1) is 0 Å². The van der Waals surface area contributed by atoms with Crippen LogP contribution in [-0.2, 0) is 0 Å². The quantitative estimate of drug-likeness (QED) is 0.896. The van der Waals surface area contributed by atoms with E-state index in [9.17, 15) is 9.18 Å². The van der Waals surface area contributed by atoms with Crippen LogP contribution in [0, 0.1) is 5.82 Å². The number of benzene rings is 1. The standard InChI is InChI=1S/C13H17ClFNO2/c1-9(2)16(6-3-7-17)13(18)11-5-4-10(14)8-12(11)15/h4-5,8-9,17H,3,6-7H2,1-2H3. The molecule has 1 aromatic rings. The molecule has 0 radical (unpaired) electrons. The molecule has 0 saturated heterocycles. The molecular weight excluding hydrogens is 257 g/mol. The molecule has 1 N–H and O–H groups in total. The van der Waals surface area contributed by atoms with Gasteiger partial charge in [0.05, 0.1) is 5.56 Å². The Hall–Kier alpha value is -1.13. The zero-order chi connectivity index (χ0) is 13.7. The second-order valence-corrected chi connectivity index (χ2v) is 4.73. The van der Waals surface area contributed by atoms with E-state index in [1.54, 1.807) is 0 Å². The van der Waals surface area contributed by atoms with Gasteiger partial charge in [-0.1, -0.05) is 11.6 Å². The first-order valence-electron chi connectivity index (χ1n) is 5.84.